The van der Waals surface area contributed by atoms with E-state index in [-0.39, 0.29) is 23.6 Å². The fourth-order valence-corrected chi connectivity index (χ4v) is 2.34. The molecule has 1 amide bonds. The molecule has 2 aromatic rings. The number of anilines is 1. The Morgan fingerprint density at radius 3 is 2.65 bits per heavy atom. The van der Waals surface area contributed by atoms with Crippen molar-refractivity contribution in [2.24, 2.45) is 5.92 Å². The topological polar surface area (TPSA) is 42.0 Å². The zero-order chi connectivity index (χ0) is 14.1. The Bertz CT molecular complexity index is 627. The van der Waals surface area contributed by atoms with Crippen molar-refractivity contribution >= 4 is 23.3 Å². The number of hydrogen-bond donors (Lipinski definition) is 1. The molecule has 102 valence electrons. The standard InChI is InChI=1S/C15H12ClFN2O/c16-10-3-6-14(18-8-10)19-15(20)13-7-12(13)9-1-4-11(17)5-2-9/h1-6,8,12-13H,7H2,(H,18,19,20)/t12-,13-/m0/s1. The lowest BCUT2D eigenvalue weighted by Gasteiger charge is -2.04. The zero-order valence-electron chi connectivity index (χ0n) is 10.5. The van der Waals surface area contributed by atoms with Gasteiger partial charge >= 0.3 is 0 Å². The fourth-order valence-electron chi connectivity index (χ4n) is 2.23. The Morgan fingerprint density at radius 1 is 1.25 bits per heavy atom. The summed E-state index contributed by atoms with van der Waals surface area (Å²) in [6, 6.07) is 9.64. The lowest BCUT2D eigenvalue weighted by Crippen LogP contribution is -2.15. The van der Waals surface area contributed by atoms with E-state index in [0.29, 0.717) is 10.8 Å². The summed E-state index contributed by atoms with van der Waals surface area (Å²) in [5, 5.41) is 3.29. The third-order valence-corrected chi connectivity index (χ3v) is 3.63. The number of rotatable bonds is 3. The summed E-state index contributed by atoms with van der Waals surface area (Å²) < 4.78 is 12.8. The monoisotopic (exact) mass is 290 g/mol. The van der Waals surface area contributed by atoms with Gasteiger partial charge in [-0.3, -0.25) is 4.79 Å². The highest BCUT2D eigenvalue weighted by Crippen LogP contribution is 2.47. The van der Waals surface area contributed by atoms with Crippen molar-refractivity contribution in [3.05, 3.63) is 59.0 Å². The first-order valence-corrected chi connectivity index (χ1v) is 6.69. The Hall–Kier alpha value is -1.94. The van der Waals surface area contributed by atoms with Gasteiger partial charge in [0.25, 0.3) is 0 Å². The minimum atomic E-state index is -0.263. The minimum Gasteiger partial charge on any atom is -0.310 e. The van der Waals surface area contributed by atoms with Crippen LogP contribution in [0.3, 0.4) is 0 Å². The van der Waals surface area contributed by atoms with Crippen molar-refractivity contribution in [3.8, 4) is 0 Å². The molecule has 1 N–H and O–H groups in total. The van der Waals surface area contributed by atoms with Gasteiger partial charge in [0.1, 0.15) is 11.6 Å². The van der Waals surface area contributed by atoms with Gasteiger partial charge in [-0.1, -0.05) is 23.7 Å². The maximum atomic E-state index is 12.8. The third kappa shape index (κ3) is 2.80. The lowest BCUT2D eigenvalue weighted by atomic mass is 10.1. The van der Waals surface area contributed by atoms with Crippen LogP contribution in [0.5, 0.6) is 0 Å². The van der Waals surface area contributed by atoms with Crippen molar-refractivity contribution in [2.75, 3.05) is 5.32 Å². The summed E-state index contributed by atoms with van der Waals surface area (Å²) in [7, 11) is 0. The quantitative estimate of drug-likeness (QED) is 0.938. The van der Waals surface area contributed by atoms with Crippen molar-refractivity contribution in [1.82, 2.24) is 4.98 Å². The number of carbonyl (C=O) groups is 1. The van der Waals surface area contributed by atoms with Crippen LogP contribution in [-0.4, -0.2) is 10.9 Å². The van der Waals surface area contributed by atoms with E-state index in [1.54, 1.807) is 24.3 Å². The molecule has 2 atom stereocenters. The largest absolute Gasteiger partial charge is 0.310 e. The van der Waals surface area contributed by atoms with Gasteiger partial charge in [-0.25, -0.2) is 9.37 Å². The van der Waals surface area contributed by atoms with Crippen molar-refractivity contribution in [2.45, 2.75) is 12.3 Å². The van der Waals surface area contributed by atoms with Crippen molar-refractivity contribution in [1.29, 1.82) is 0 Å². The van der Waals surface area contributed by atoms with Crippen LogP contribution in [0.4, 0.5) is 10.2 Å². The van der Waals surface area contributed by atoms with Gasteiger partial charge in [-0.2, -0.15) is 0 Å². The maximum absolute atomic E-state index is 12.8. The number of pyridine rings is 1. The number of nitrogens with zero attached hydrogens (tertiary/aromatic N) is 1. The molecule has 0 radical (unpaired) electrons. The molecular weight excluding hydrogens is 279 g/mol. The van der Waals surface area contributed by atoms with Crippen LogP contribution < -0.4 is 5.32 Å². The molecule has 0 aliphatic heterocycles. The Kier molecular flexibility index (Phi) is 3.40. The first-order valence-electron chi connectivity index (χ1n) is 6.31. The predicted octanol–water partition coefficient (Wildman–Crippen LogP) is 3.62. The van der Waals surface area contributed by atoms with E-state index in [1.165, 1.54) is 18.3 Å². The van der Waals surface area contributed by atoms with E-state index in [2.05, 4.69) is 10.3 Å². The second kappa shape index (κ2) is 5.21. The molecule has 3 rings (SSSR count). The smallest absolute Gasteiger partial charge is 0.229 e. The van der Waals surface area contributed by atoms with E-state index in [1.807, 2.05) is 0 Å². The molecule has 1 saturated carbocycles. The normalized spacial score (nSPS) is 20.5. The number of nitrogens with one attached hydrogen (secondary N) is 1. The summed E-state index contributed by atoms with van der Waals surface area (Å²) in [5.41, 5.74) is 0.996. The van der Waals surface area contributed by atoms with Crippen LogP contribution in [0.2, 0.25) is 5.02 Å². The molecule has 0 bridgehead atoms. The molecule has 5 heteroatoms. The van der Waals surface area contributed by atoms with Gasteiger partial charge in [0.15, 0.2) is 0 Å². The summed E-state index contributed by atoms with van der Waals surface area (Å²) in [5.74, 6) is 0.264. The molecule has 1 aromatic heterocycles. The number of hydrogen-bond acceptors (Lipinski definition) is 2. The Balaban J connectivity index is 1.62. The fraction of sp³-hybridized carbons (Fsp3) is 0.200. The van der Waals surface area contributed by atoms with Crippen LogP contribution in [0.25, 0.3) is 0 Å². The number of amides is 1. The average Bonchev–Trinajstić information content (AvgIpc) is 3.23. The highest BCUT2D eigenvalue weighted by atomic mass is 35.5. The predicted molar refractivity (Wildman–Crippen MR) is 75.1 cm³/mol. The van der Waals surface area contributed by atoms with Gasteiger partial charge in [0.05, 0.1) is 5.02 Å². The molecule has 1 aliphatic carbocycles. The van der Waals surface area contributed by atoms with Crippen molar-refractivity contribution in [3.63, 3.8) is 0 Å². The van der Waals surface area contributed by atoms with E-state index in [4.69, 9.17) is 11.6 Å². The van der Waals surface area contributed by atoms with Gasteiger partial charge in [-0.15, -0.1) is 0 Å². The SMILES string of the molecule is O=C(Nc1ccc(Cl)cn1)[C@H]1C[C@H]1c1ccc(F)cc1. The molecule has 1 aromatic carbocycles. The van der Waals surface area contributed by atoms with Crippen LogP contribution in [0, 0.1) is 11.7 Å². The summed E-state index contributed by atoms with van der Waals surface area (Å²) >= 11 is 5.73. The molecule has 1 fully saturated rings. The van der Waals surface area contributed by atoms with E-state index in [0.717, 1.165) is 12.0 Å². The van der Waals surface area contributed by atoms with Crippen LogP contribution >= 0.6 is 11.6 Å². The van der Waals surface area contributed by atoms with E-state index in [9.17, 15) is 9.18 Å². The number of benzene rings is 1. The summed E-state index contributed by atoms with van der Waals surface area (Å²) in [6.45, 7) is 0. The molecule has 3 nitrogen and oxygen atoms in total. The number of halogens is 2. The molecule has 20 heavy (non-hydrogen) atoms. The van der Waals surface area contributed by atoms with Crippen LogP contribution in [0.1, 0.15) is 17.9 Å². The number of aromatic nitrogens is 1. The summed E-state index contributed by atoms with van der Waals surface area (Å²) in [6.07, 6.45) is 2.27. The zero-order valence-corrected chi connectivity index (χ0v) is 11.3. The van der Waals surface area contributed by atoms with E-state index < -0.39 is 0 Å². The molecule has 0 saturated heterocycles. The molecule has 0 unspecified atom stereocenters. The minimum absolute atomic E-state index is 0.0610. The summed E-state index contributed by atoms with van der Waals surface area (Å²) in [4.78, 5) is 16.1. The van der Waals surface area contributed by atoms with Crippen LogP contribution in [-0.2, 0) is 4.79 Å². The highest BCUT2D eigenvalue weighted by molar-refractivity contribution is 6.30. The van der Waals surface area contributed by atoms with Crippen LogP contribution in [0.15, 0.2) is 42.6 Å². The molecule has 1 heterocycles. The number of carbonyl (C=O) groups excluding carboxylic acids is 1. The molecule has 0 spiro atoms. The Morgan fingerprint density at radius 2 is 2.00 bits per heavy atom. The maximum Gasteiger partial charge on any atom is 0.229 e. The Labute approximate surface area is 120 Å². The second-order valence-electron chi connectivity index (χ2n) is 4.85. The second-order valence-corrected chi connectivity index (χ2v) is 5.29. The lowest BCUT2D eigenvalue weighted by molar-refractivity contribution is -0.117. The molecule has 1 aliphatic rings. The highest BCUT2D eigenvalue weighted by Gasteiger charge is 2.43. The van der Waals surface area contributed by atoms with E-state index >= 15 is 0 Å². The van der Waals surface area contributed by atoms with Gasteiger partial charge < -0.3 is 5.32 Å². The first kappa shape index (κ1) is 13.1. The average molecular weight is 291 g/mol. The van der Waals surface area contributed by atoms with Gasteiger partial charge in [-0.05, 0) is 42.2 Å². The van der Waals surface area contributed by atoms with Crippen molar-refractivity contribution < 1.29 is 9.18 Å². The van der Waals surface area contributed by atoms with Gasteiger partial charge in [0, 0.05) is 12.1 Å². The third-order valence-electron chi connectivity index (χ3n) is 3.40. The van der Waals surface area contributed by atoms with Gasteiger partial charge in [0.2, 0.25) is 5.91 Å². The molecular formula is C15H12ClFN2O. The first-order chi connectivity index (χ1) is 9.63.